The number of carboxylic acids is 1. The number of carbonyl (C=O) groups is 3. The van der Waals surface area contributed by atoms with Gasteiger partial charge in [0.1, 0.15) is 5.54 Å². The topological polar surface area (TPSA) is 112 Å². The van der Waals surface area contributed by atoms with Gasteiger partial charge in [-0.05, 0) is 50.3 Å². The Hall–Kier alpha value is -3.95. The highest BCUT2D eigenvalue weighted by Crippen LogP contribution is 2.44. The summed E-state index contributed by atoms with van der Waals surface area (Å²) in [6.07, 6.45) is 5.42. The van der Waals surface area contributed by atoms with Crippen molar-refractivity contribution in [2.24, 2.45) is 0 Å². The van der Waals surface area contributed by atoms with Crippen LogP contribution in [-0.2, 0) is 9.59 Å². The number of rotatable bonds is 6. The zero-order chi connectivity index (χ0) is 27.3. The predicted octanol–water partition coefficient (Wildman–Crippen LogP) is 3.44. The van der Waals surface area contributed by atoms with Crippen molar-refractivity contribution in [2.45, 2.75) is 56.4 Å². The van der Waals surface area contributed by atoms with E-state index in [1.807, 2.05) is 30.3 Å². The molecule has 10 nitrogen and oxygen atoms in total. The molecule has 2 saturated heterocycles. The predicted molar refractivity (Wildman–Crippen MR) is 146 cm³/mol. The number of aromatic nitrogens is 3. The highest BCUT2D eigenvalue weighted by molar-refractivity contribution is 5.99. The average molecular weight is 531 g/mol. The number of fused-ring (bicyclic) bond motifs is 1. The zero-order valence-electron chi connectivity index (χ0n) is 22.5. The number of hydrogen-bond donors (Lipinski definition) is 1. The van der Waals surface area contributed by atoms with Crippen molar-refractivity contribution in [1.82, 2.24) is 24.6 Å². The molecule has 0 unspecified atom stereocenters. The van der Waals surface area contributed by atoms with Gasteiger partial charge in [0.25, 0.3) is 0 Å². The second-order valence-electron chi connectivity index (χ2n) is 11.2. The Morgan fingerprint density at radius 1 is 1.05 bits per heavy atom. The number of benzene rings is 1. The van der Waals surface area contributed by atoms with Gasteiger partial charge in [0.05, 0.1) is 22.5 Å². The number of nitrogens with zero attached hydrogens (tertiary/aromatic N) is 6. The van der Waals surface area contributed by atoms with Gasteiger partial charge in [-0.1, -0.05) is 24.6 Å². The lowest BCUT2D eigenvalue weighted by Gasteiger charge is -2.47. The van der Waals surface area contributed by atoms with E-state index in [4.69, 9.17) is 5.10 Å². The summed E-state index contributed by atoms with van der Waals surface area (Å²) in [5.74, 6) is -0.804. The number of aromatic carboxylic acids is 1. The maximum Gasteiger partial charge on any atom is 0.354 e. The van der Waals surface area contributed by atoms with Crippen LogP contribution in [0, 0.1) is 0 Å². The molecule has 1 aromatic carbocycles. The molecule has 3 aromatic rings. The maximum absolute atomic E-state index is 13.5. The van der Waals surface area contributed by atoms with Crippen molar-refractivity contribution in [3.63, 3.8) is 0 Å². The van der Waals surface area contributed by atoms with Gasteiger partial charge in [0.2, 0.25) is 11.8 Å². The van der Waals surface area contributed by atoms with Gasteiger partial charge in [-0.15, -0.1) is 0 Å². The number of likely N-dealkylation sites (tertiary alicyclic amines) is 1. The summed E-state index contributed by atoms with van der Waals surface area (Å²) in [5, 5.41) is 15.9. The van der Waals surface area contributed by atoms with Crippen molar-refractivity contribution >= 4 is 34.5 Å². The average Bonchev–Trinajstić information content (AvgIpc) is 3.51. The highest BCUT2D eigenvalue weighted by atomic mass is 16.4. The van der Waals surface area contributed by atoms with Gasteiger partial charge in [-0.25, -0.2) is 14.5 Å². The molecular weight excluding hydrogens is 496 g/mol. The lowest BCUT2D eigenvalue weighted by atomic mass is 9.81. The van der Waals surface area contributed by atoms with Gasteiger partial charge in [0, 0.05) is 46.1 Å². The monoisotopic (exact) mass is 530 g/mol. The van der Waals surface area contributed by atoms with Crippen LogP contribution in [0.25, 0.3) is 16.7 Å². The molecule has 3 aliphatic rings. The fourth-order valence-electron chi connectivity index (χ4n) is 6.43. The lowest BCUT2D eigenvalue weighted by molar-refractivity contribution is -0.151. The molecule has 0 atom stereocenters. The number of likely N-dealkylation sites (N-methyl/N-ethyl adjacent to an activating group) is 1. The molecule has 1 aliphatic carbocycles. The van der Waals surface area contributed by atoms with Crippen molar-refractivity contribution in [1.29, 1.82) is 0 Å². The number of anilines is 1. The van der Waals surface area contributed by atoms with Crippen molar-refractivity contribution in [3.8, 4) is 5.69 Å². The van der Waals surface area contributed by atoms with E-state index in [2.05, 4.69) is 9.88 Å². The standard InChI is InChI=1S/C29H34N6O4/c1-32(2)28(39)29(34-15-7-12-23(34)36)13-16-33(17-14-29)22-18-21(27(37)38)30-26-24(22)25(19-8-6-9-19)31-35(26)20-10-4-3-5-11-20/h3-5,10-11,18-19H,6-9,12-17H2,1-2H3,(H,37,38). The number of piperidine rings is 1. The minimum absolute atomic E-state index is 0.0364. The quantitative estimate of drug-likeness (QED) is 0.520. The molecule has 4 heterocycles. The first kappa shape index (κ1) is 25.3. The second-order valence-corrected chi connectivity index (χ2v) is 11.2. The van der Waals surface area contributed by atoms with Crippen LogP contribution < -0.4 is 4.90 Å². The van der Waals surface area contributed by atoms with E-state index in [1.165, 1.54) is 0 Å². The van der Waals surface area contributed by atoms with Crippen LogP contribution in [0.3, 0.4) is 0 Å². The Labute approximate surface area is 227 Å². The molecule has 0 bridgehead atoms. The SMILES string of the molecule is CN(C)C(=O)C1(N2CCCC2=O)CCN(c2cc(C(=O)O)nc3c2c(C2CCC2)nn3-c2ccccc2)CC1. The first-order chi connectivity index (χ1) is 18.8. The summed E-state index contributed by atoms with van der Waals surface area (Å²) in [6, 6.07) is 11.3. The van der Waals surface area contributed by atoms with Crippen LogP contribution in [0.15, 0.2) is 36.4 Å². The van der Waals surface area contributed by atoms with Crippen LogP contribution in [0.4, 0.5) is 5.69 Å². The van der Waals surface area contributed by atoms with E-state index in [1.54, 1.807) is 34.6 Å². The van der Waals surface area contributed by atoms with Gasteiger partial charge in [-0.2, -0.15) is 5.10 Å². The molecule has 0 radical (unpaired) electrons. The Balaban J connectivity index is 1.45. The van der Waals surface area contributed by atoms with E-state index < -0.39 is 11.5 Å². The van der Waals surface area contributed by atoms with E-state index in [9.17, 15) is 19.5 Å². The molecule has 204 valence electrons. The van der Waals surface area contributed by atoms with Crippen LogP contribution in [0.2, 0.25) is 0 Å². The summed E-state index contributed by atoms with van der Waals surface area (Å²) >= 11 is 0. The van der Waals surface area contributed by atoms with Crippen LogP contribution in [0.5, 0.6) is 0 Å². The number of para-hydroxylation sites is 1. The third-order valence-corrected chi connectivity index (χ3v) is 8.68. The van der Waals surface area contributed by atoms with Gasteiger partial charge < -0.3 is 19.8 Å². The van der Waals surface area contributed by atoms with Crippen molar-refractivity contribution in [2.75, 3.05) is 38.6 Å². The number of carboxylic acid groups (broad SMARTS) is 1. The molecule has 2 aliphatic heterocycles. The second kappa shape index (κ2) is 9.66. The smallest absolute Gasteiger partial charge is 0.354 e. The number of amides is 2. The molecular formula is C29H34N6O4. The van der Waals surface area contributed by atoms with Gasteiger partial charge in [-0.3, -0.25) is 9.59 Å². The third kappa shape index (κ3) is 4.13. The summed E-state index contributed by atoms with van der Waals surface area (Å²) in [6.45, 7) is 1.63. The first-order valence-electron chi connectivity index (χ1n) is 13.8. The van der Waals surface area contributed by atoms with Crippen LogP contribution >= 0.6 is 0 Å². The van der Waals surface area contributed by atoms with Gasteiger partial charge in [0.15, 0.2) is 11.3 Å². The molecule has 1 saturated carbocycles. The van der Waals surface area contributed by atoms with Gasteiger partial charge >= 0.3 is 5.97 Å². The molecule has 10 heteroatoms. The fraction of sp³-hybridized carbons (Fsp3) is 0.483. The number of carbonyl (C=O) groups excluding carboxylic acids is 2. The third-order valence-electron chi connectivity index (χ3n) is 8.68. The van der Waals surface area contributed by atoms with Crippen LogP contribution in [-0.4, -0.2) is 86.7 Å². The number of hydrogen-bond acceptors (Lipinski definition) is 6. The Morgan fingerprint density at radius 3 is 2.33 bits per heavy atom. The minimum atomic E-state index is -1.10. The van der Waals surface area contributed by atoms with E-state index in [0.29, 0.717) is 50.5 Å². The summed E-state index contributed by atoms with van der Waals surface area (Å²) in [5.41, 5.74) is 2.20. The minimum Gasteiger partial charge on any atom is -0.477 e. The molecule has 39 heavy (non-hydrogen) atoms. The van der Waals surface area contributed by atoms with Crippen molar-refractivity contribution < 1.29 is 19.5 Å². The van der Waals surface area contributed by atoms with E-state index >= 15 is 0 Å². The van der Waals surface area contributed by atoms with Crippen LogP contribution in [0.1, 0.15) is 67.0 Å². The maximum atomic E-state index is 13.5. The highest BCUT2D eigenvalue weighted by Gasteiger charge is 2.50. The molecule has 6 rings (SSSR count). The Bertz CT molecular complexity index is 1440. The lowest BCUT2D eigenvalue weighted by Crippen LogP contribution is -2.63. The largest absolute Gasteiger partial charge is 0.477 e. The first-order valence-corrected chi connectivity index (χ1v) is 13.8. The summed E-state index contributed by atoms with van der Waals surface area (Å²) in [4.78, 5) is 48.7. The normalized spacial score (nSPS) is 19.4. The fourth-order valence-corrected chi connectivity index (χ4v) is 6.43. The van der Waals surface area contributed by atoms with Crippen molar-refractivity contribution in [3.05, 3.63) is 47.8 Å². The Kier molecular flexibility index (Phi) is 6.28. The molecule has 3 fully saturated rings. The number of pyridine rings is 1. The zero-order valence-corrected chi connectivity index (χ0v) is 22.5. The molecule has 2 aromatic heterocycles. The molecule has 1 N–H and O–H groups in total. The van der Waals surface area contributed by atoms with E-state index in [0.717, 1.165) is 48.1 Å². The summed E-state index contributed by atoms with van der Waals surface area (Å²) < 4.78 is 1.77. The molecule has 2 amide bonds. The molecule has 0 spiro atoms. The van der Waals surface area contributed by atoms with E-state index in [-0.39, 0.29) is 17.5 Å². The Morgan fingerprint density at radius 2 is 1.77 bits per heavy atom. The summed E-state index contributed by atoms with van der Waals surface area (Å²) in [7, 11) is 3.48.